The van der Waals surface area contributed by atoms with Crippen molar-refractivity contribution in [3.05, 3.63) is 52.7 Å². The largest absolute Gasteiger partial charge is 0.358 e. The first-order valence-electron chi connectivity index (χ1n) is 8.47. The van der Waals surface area contributed by atoms with Gasteiger partial charge in [-0.25, -0.2) is 24.7 Å². The number of rotatable bonds is 7. The third kappa shape index (κ3) is 4.86. The van der Waals surface area contributed by atoms with Gasteiger partial charge in [-0.2, -0.15) is 5.10 Å². The molecule has 8 heteroatoms. The summed E-state index contributed by atoms with van der Waals surface area (Å²) in [7, 11) is -0.572. The molecule has 0 aliphatic carbocycles. The highest BCUT2D eigenvalue weighted by Gasteiger charge is 2.15. The topological polar surface area (TPSA) is 69.9 Å². The molecule has 2 heterocycles. The summed E-state index contributed by atoms with van der Waals surface area (Å²) in [5.74, 6) is 0.868. The van der Waals surface area contributed by atoms with Crippen LogP contribution in [0.25, 0.3) is 10.9 Å². The SMILES string of the molecule is Cc1cc(C(=O)c2cc(Cl)ncn2)cc2cnn(COCCS(C)(C)C)c12. The van der Waals surface area contributed by atoms with Crippen molar-refractivity contribution in [3.63, 3.8) is 0 Å². The second-order valence-electron chi connectivity index (χ2n) is 7.26. The molecule has 0 aliphatic rings. The van der Waals surface area contributed by atoms with E-state index in [-0.39, 0.29) is 16.6 Å². The number of fused-ring (bicyclic) bond motifs is 1. The summed E-state index contributed by atoms with van der Waals surface area (Å²) < 4.78 is 7.63. The number of hydrogen-bond acceptors (Lipinski definition) is 5. The van der Waals surface area contributed by atoms with Crippen molar-refractivity contribution in [1.82, 2.24) is 19.7 Å². The Morgan fingerprint density at radius 2 is 2.00 bits per heavy atom. The van der Waals surface area contributed by atoms with Gasteiger partial charge in [-0.3, -0.25) is 4.79 Å². The molecule has 0 N–H and O–H groups in total. The van der Waals surface area contributed by atoms with Crippen molar-refractivity contribution in [2.24, 2.45) is 0 Å². The molecule has 144 valence electrons. The number of carbonyl (C=O) groups is 1. The number of ketones is 1. The van der Waals surface area contributed by atoms with E-state index in [4.69, 9.17) is 16.3 Å². The fourth-order valence-corrected chi connectivity index (χ4v) is 3.51. The molecule has 3 rings (SSSR count). The minimum Gasteiger partial charge on any atom is -0.358 e. The van der Waals surface area contributed by atoms with Crippen molar-refractivity contribution in [3.8, 4) is 0 Å². The van der Waals surface area contributed by atoms with Gasteiger partial charge in [0.2, 0.25) is 5.78 Å². The van der Waals surface area contributed by atoms with Gasteiger partial charge in [0.1, 0.15) is 23.9 Å². The summed E-state index contributed by atoms with van der Waals surface area (Å²) in [5.41, 5.74) is 2.75. The highest BCUT2D eigenvalue weighted by molar-refractivity contribution is 8.32. The summed E-state index contributed by atoms with van der Waals surface area (Å²) in [6, 6.07) is 5.14. The molecule has 2 aromatic heterocycles. The number of halogens is 1. The lowest BCUT2D eigenvalue weighted by Gasteiger charge is -2.24. The number of nitrogens with zero attached hydrogens (tertiary/aromatic N) is 4. The molecular formula is C19H23ClN4O2S. The van der Waals surface area contributed by atoms with Gasteiger partial charge >= 0.3 is 0 Å². The maximum absolute atomic E-state index is 12.7. The molecule has 0 spiro atoms. The zero-order valence-corrected chi connectivity index (χ0v) is 17.5. The van der Waals surface area contributed by atoms with E-state index in [9.17, 15) is 4.79 Å². The third-order valence-corrected chi connectivity index (χ3v) is 5.70. The van der Waals surface area contributed by atoms with Gasteiger partial charge < -0.3 is 4.74 Å². The van der Waals surface area contributed by atoms with Crippen LogP contribution in [0.5, 0.6) is 0 Å². The zero-order valence-electron chi connectivity index (χ0n) is 15.9. The van der Waals surface area contributed by atoms with Crippen molar-refractivity contribution >= 4 is 38.3 Å². The van der Waals surface area contributed by atoms with Crippen LogP contribution in [-0.2, 0) is 11.5 Å². The van der Waals surface area contributed by atoms with Crippen LogP contribution in [0.4, 0.5) is 0 Å². The lowest BCUT2D eigenvalue weighted by molar-refractivity contribution is 0.0840. The van der Waals surface area contributed by atoms with E-state index in [1.54, 1.807) is 6.20 Å². The van der Waals surface area contributed by atoms with Crippen molar-refractivity contribution in [2.75, 3.05) is 31.1 Å². The first-order valence-corrected chi connectivity index (χ1v) is 11.9. The zero-order chi connectivity index (χ0) is 19.6. The molecule has 6 nitrogen and oxygen atoms in total. The molecule has 0 radical (unpaired) electrons. The van der Waals surface area contributed by atoms with E-state index in [1.165, 1.54) is 12.4 Å². The third-order valence-electron chi connectivity index (χ3n) is 4.11. The average molecular weight is 407 g/mol. The predicted molar refractivity (Wildman–Crippen MR) is 111 cm³/mol. The number of ether oxygens (including phenoxy) is 1. The normalized spacial score (nSPS) is 12.5. The van der Waals surface area contributed by atoms with Crippen molar-refractivity contribution < 1.29 is 9.53 Å². The number of benzene rings is 1. The highest BCUT2D eigenvalue weighted by Crippen LogP contribution is 2.33. The van der Waals surface area contributed by atoms with E-state index in [2.05, 4.69) is 33.8 Å². The molecular weight excluding hydrogens is 384 g/mol. The van der Waals surface area contributed by atoms with Gasteiger partial charge in [0.25, 0.3) is 0 Å². The van der Waals surface area contributed by atoms with E-state index >= 15 is 0 Å². The van der Waals surface area contributed by atoms with Crippen LogP contribution in [0.1, 0.15) is 21.6 Å². The molecule has 0 fully saturated rings. The molecule has 0 unspecified atom stereocenters. The van der Waals surface area contributed by atoms with Gasteiger partial charge in [0.05, 0.1) is 18.3 Å². The first-order chi connectivity index (χ1) is 12.7. The molecule has 0 saturated carbocycles. The van der Waals surface area contributed by atoms with E-state index in [0.717, 1.165) is 22.2 Å². The maximum atomic E-state index is 12.7. The van der Waals surface area contributed by atoms with Gasteiger partial charge in [-0.05, 0) is 43.4 Å². The van der Waals surface area contributed by atoms with Gasteiger partial charge in [-0.1, -0.05) is 11.6 Å². The Morgan fingerprint density at radius 3 is 2.70 bits per heavy atom. The van der Waals surface area contributed by atoms with Crippen LogP contribution in [0.3, 0.4) is 0 Å². The highest BCUT2D eigenvalue weighted by atomic mass is 35.5. The predicted octanol–water partition coefficient (Wildman–Crippen LogP) is 3.69. The maximum Gasteiger partial charge on any atom is 0.211 e. The monoisotopic (exact) mass is 406 g/mol. The summed E-state index contributed by atoms with van der Waals surface area (Å²) in [5, 5.41) is 5.55. The Bertz CT molecular complexity index is 981. The number of aryl methyl sites for hydroxylation is 1. The van der Waals surface area contributed by atoms with Gasteiger partial charge in [0, 0.05) is 22.8 Å². The number of aromatic nitrogens is 4. The van der Waals surface area contributed by atoms with Crippen LogP contribution in [-0.4, -0.2) is 56.7 Å². The molecule has 0 bridgehead atoms. The van der Waals surface area contributed by atoms with Crippen LogP contribution < -0.4 is 0 Å². The van der Waals surface area contributed by atoms with Crippen LogP contribution in [0, 0.1) is 6.92 Å². The standard InChI is InChI=1S/C19H23ClN4O2S/c1-13-7-14(19(25)16-9-17(20)22-11-21-16)8-15-10-23-24(18(13)15)12-26-5-6-27(2,3)4/h7-11H,5-6,12H2,1-4H3. The quantitative estimate of drug-likeness (QED) is 0.340. The second-order valence-corrected chi connectivity index (χ2v) is 12.2. The molecule has 0 amide bonds. The smallest absolute Gasteiger partial charge is 0.211 e. The molecule has 0 aliphatic heterocycles. The summed E-state index contributed by atoms with van der Waals surface area (Å²) in [4.78, 5) is 20.5. The minimum atomic E-state index is -0.572. The number of carbonyl (C=O) groups excluding carboxylic acids is 1. The summed E-state index contributed by atoms with van der Waals surface area (Å²) in [6.45, 7) is 3.07. The molecule has 1 aromatic carbocycles. The fourth-order valence-electron chi connectivity index (χ4n) is 2.74. The van der Waals surface area contributed by atoms with E-state index in [1.807, 2.05) is 23.7 Å². The van der Waals surface area contributed by atoms with Crippen LogP contribution >= 0.6 is 21.6 Å². The Labute approximate surface area is 165 Å². The van der Waals surface area contributed by atoms with Crippen molar-refractivity contribution in [2.45, 2.75) is 13.7 Å². The Balaban J connectivity index is 1.81. The van der Waals surface area contributed by atoms with Crippen molar-refractivity contribution in [1.29, 1.82) is 0 Å². The number of hydrogen-bond donors (Lipinski definition) is 0. The van der Waals surface area contributed by atoms with E-state index < -0.39 is 10.0 Å². The van der Waals surface area contributed by atoms with Crippen LogP contribution in [0.2, 0.25) is 5.15 Å². The molecule has 3 aromatic rings. The molecule has 0 atom stereocenters. The molecule has 0 saturated heterocycles. The lowest BCUT2D eigenvalue weighted by atomic mass is 10.0. The fraction of sp³-hybridized carbons (Fsp3) is 0.368. The van der Waals surface area contributed by atoms with Crippen LogP contribution in [0.15, 0.2) is 30.7 Å². The first kappa shape index (κ1) is 19.8. The Hall–Kier alpha value is -1.96. The Kier molecular flexibility index (Phi) is 5.83. The lowest BCUT2D eigenvalue weighted by Crippen LogP contribution is -2.11. The Morgan fingerprint density at radius 1 is 1.22 bits per heavy atom. The average Bonchev–Trinajstić information content (AvgIpc) is 3.01. The minimum absolute atomic E-state index is 0.193. The summed E-state index contributed by atoms with van der Waals surface area (Å²) in [6.07, 6.45) is 9.85. The van der Waals surface area contributed by atoms with Gasteiger partial charge in [0.15, 0.2) is 0 Å². The summed E-state index contributed by atoms with van der Waals surface area (Å²) >= 11 is 5.87. The van der Waals surface area contributed by atoms with E-state index in [0.29, 0.717) is 18.9 Å². The van der Waals surface area contributed by atoms with Gasteiger partial charge in [-0.15, -0.1) is 0 Å². The molecule has 27 heavy (non-hydrogen) atoms. The second kappa shape index (κ2) is 7.96.